The lowest BCUT2D eigenvalue weighted by molar-refractivity contribution is -0.129. The summed E-state index contributed by atoms with van der Waals surface area (Å²) in [7, 11) is 0. The second kappa shape index (κ2) is 21.8. The number of pyridine rings is 4. The Labute approximate surface area is 462 Å². The van der Waals surface area contributed by atoms with Gasteiger partial charge in [0.05, 0.1) is 49.3 Å². The van der Waals surface area contributed by atoms with Crippen molar-refractivity contribution in [2.75, 3.05) is 36.0 Å². The molecular weight excluding hydrogens is 1030 g/mol. The van der Waals surface area contributed by atoms with E-state index < -0.39 is 17.2 Å². The Kier molecular flexibility index (Phi) is 15.1. The van der Waals surface area contributed by atoms with Gasteiger partial charge in [0.25, 0.3) is 0 Å². The van der Waals surface area contributed by atoms with Crippen LogP contribution >= 0.6 is 23.2 Å². The van der Waals surface area contributed by atoms with Gasteiger partial charge in [-0.05, 0) is 120 Å². The van der Waals surface area contributed by atoms with E-state index in [0.29, 0.717) is 98.9 Å². The van der Waals surface area contributed by atoms with Crippen LogP contribution in [0.4, 0.5) is 16.0 Å². The topological polar surface area (TPSA) is 168 Å². The molecule has 4 atom stereocenters. The van der Waals surface area contributed by atoms with Gasteiger partial charge >= 0.3 is 11.4 Å². The number of amides is 2. The van der Waals surface area contributed by atoms with Gasteiger partial charge in [0.1, 0.15) is 28.8 Å². The lowest BCUT2D eigenvalue weighted by Crippen LogP contribution is -2.58. The Bertz CT molecular complexity index is 3710. The molecule has 0 bridgehead atoms. The summed E-state index contributed by atoms with van der Waals surface area (Å²) in [6.45, 7) is 20.8. The number of piperazine rings is 2. The Morgan fingerprint density at radius 3 is 1.92 bits per heavy atom. The zero-order chi connectivity index (χ0) is 55.4. The second-order valence-corrected chi connectivity index (χ2v) is 22.2. The van der Waals surface area contributed by atoms with Crippen LogP contribution in [0.3, 0.4) is 0 Å². The number of benzene rings is 1. The molecule has 1 aliphatic carbocycles. The molecule has 16 nitrogen and oxygen atoms in total. The maximum Gasteiger partial charge on any atom is 0.355 e. The Morgan fingerprint density at radius 2 is 1.29 bits per heavy atom. The van der Waals surface area contributed by atoms with Crippen molar-refractivity contribution in [1.29, 1.82) is 0 Å². The molecule has 0 spiro atoms. The van der Waals surface area contributed by atoms with E-state index in [4.69, 9.17) is 48.1 Å². The number of carbonyl (C=O) groups is 2. The normalized spacial score (nSPS) is 19.4. The Morgan fingerprint density at radius 1 is 0.692 bits per heavy atom. The molecule has 2 saturated heterocycles. The van der Waals surface area contributed by atoms with E-state index in [-0.39, 0.29) is 64.2 Å². The molecule has 2 amide bonds. The van der Waals surface area contributed by atoms with Gasteiger partial charge in [0.2, 0.25) is 11.8 Å². The fourth-order valence-corrected chi connectivity index (χ4v) is 12.1. The molecule has 6 aromatic heterocycles. The van der Waals surface area contributed by atoms with Crippen molar-refractivity contribution < 1.29 is 14.0 Å². The summed E-state index contributed by atoms with van der Waals surface area (Å²) >= 11 is 14.1. The minimum atomic E-state index is -0.576. The third kappa shape index (κ3) is 9.95. The fraction of sp³-hybridized carbons (Fsp3) is 0.390. The number of fused-ring (bicyclic) bond motifs is 2. The molecule has 4 unspecified atom stereocenters. The molecular formula is C59H63Cl2FN12O4. The minimum absolute atomic E-state index is 0.109. The number of halogens is 3. The Hall–Kier alpha value is -7.37. The van der Waals surface area contributed by atoms with Crippen molar-refractivity contribution in [3.8, 4) is 28.3 Å². The highest BCUT2D eigenvalue weighted by molar-refractivity contribution is 6.34. The third-order valence-electron chi connectivity index (χ3n) is 15.6. The van der Waals surface area contributed by atoms with Crippen LogP contribution in [0.2, 0.25) is 10.0 Å². The molecule has 78 heavy (non-hydrogen) atoms. The van der Waals surface area contributed by atoms with Gasteiger partial charge in [0, 0.05) is 74.2 Å². The number of nitrogens with zero attached hydrogens (tertiary/aromatic N) is 12. The van der Waals surface area contributed by atoms with Gasteiger partial charge < -0.3 is 19.6 Å². The van der Waals surface area contributed by atoms with E-state index >= 15 is 4.39 Å². The summed E-state index contributed by atoms with van der Waals surface area (Å²) in [5, 5.41) is 1.68. The first-order valence-electron chi connectivity index (χ1n) is 26.7. The van der Waals surface area contributed by atoms with E-state index in [1.807, 2.05) is 83.4 Å². The average molecular weight is 1090 g/mol. The summed E-state index contributed by atoms with van der Waals surface area (Å²) in [5.74, 6) is -0.252. The van der Waals surface area contributed by atoms with Crippen LogP contribution < -0.4 is 21.2 Å². The first-order valence-corrected chi connectivity index (χ1v) is 27.5. The summed E-state index contributed by atoms with van der Waals surface area (Å²) < 4.78 is 18.4. The summed E-state index contributed by atoms with van der Waals surface area (Å²) in [4.78, 5) is 93.2. The van der Waals surface area contributed by atoms with E-state index in [1.165, 1.54) is 22.8 Å². The molecule has 1 saturated carbocycles. The SMILES string of the molecule is C=CC(=O)N1CC(C)N(c2nc(=O)n(-c3c(C)cc(/C=C\C(=O)N4CC(C)N(c5nc(=O)n(C6CCCCC6)c6nc(-c7ccccc7F)c(Cl)cc56)CC4C)nc3C(C)C)c3nc(-c4ncccc4C)c(Cl)cc23)CC1C. The van der Waals surface area contributed by atoms with Crippen LogP contribution in [-0.4, -0.2) is 111 Å². The van der Waals surface area contributed by atoms with Gasteiger partial charge in [-0.2, -0.15) is 9.97 Å². The predicted octanol–water partition coefficient (Wildman–Crippen LogP) is 10.5. The maximum absolute atomic E-state index is 15.2. The number of hydrogen-bond acceptors (Lipinski definition) is 12. The van der Waals surface area contributed by atoms with Crippen LogP contribution in [0.15, 0.2) is 89.1 Å². The number of aryl methyl sites for hydroxylation is 2. The lowest BCUT2D eigenvalue weighted by atomic mass is 9.95. The molecule has 0 radical (unpaired) electrons. The largest absolute Gasteiger partial charge is 0.355 e. The van der Waals surface area contributed by atoms with Crippen LogP contribution in [0.25, 0.3) is 56.5 Å². The zero-order valence-corrected chi connectivity index (χ0v) is 46.7. The van der Waals surface area contributed by atoms with Crippen LogP contribution in [0, 0.1) is 19.7 Å². The molecule has 19 heteroatoms. The summed E-state index contributed by atoms with van der Waals surface area (Å²) in [5.41, 5.74) is 4.33. The Balaban J connectivity index is 0.981. The van der Waals surface area contributed by atoms with Crippen molar-refractivity contribution in [1.82, 2.24) is 48.8 Å². The third-order valence-corrected chi connectivity index (χ3v) is 16.2. The molecule has 1 aromatic carbocycles. The van der Waals surface area contributed by atoms with Crippen molar-refractivity contribution in [3.63, 3.8) is 0 Å². The van der Waals surface area contributed by atoms with Crippen molar-refractivity contribution in [2.24, 2.45) is 0 Å². The van der Waals surface area contributed by atoms with Crippen molar-refractivity contribution >= 4 is 74.8 Å². The summed E-state index contributed by atoms with van der Waals surface area (Å²) in [6, 6.07) is 14.3. The number of carbonyl (C=O) groups excluding carboxylic acids is 2. The minimum Gasteiger partial charge on any atom is -0.349 e. The molecule has 8 heterocycles. The first-order chi connectivity index (χ1) is 37.3. The van der Waals surface area contributed by atoms with Crippen molar-refractivity contribution in [3.05, 3.63) is 139 Å². The van der Waals surface area contributed by atoms with Gasteiger partial charge in [-0.15, -0.1) is 0 Å². The van der Waals surface area contributed by atoms with E-state index in [2.05, 4.69) is 11.6 Å². The number of hydrogen-bond donors (Lipinski definition) is 0. The predicted molar refractivity (Wildman–Crippen MR) is 306 cm³/mol. The van der Waals surface area contributed by atoms with Crippen LogP contribution in [-0.2, 0) is 9.59 Å². The van der Waals surface area contributed by atoms with E-state index in [0.717, 1.165) is 37.7 Å². The highest BCUT2D eigenvalue weighted by Crippen LogP contribution is 2.39. The molecule has 0 N–H and O–H groups in total. The molecule has 404 valence electrons. The summed E-state index contributed by atoms with van der Waals surface area (Å²) in [6.07, 6.45) is 10.8. The quantitative estimate of drug-likeness (QED) is 0.119. The van der Waals surface area contributed by atoms with Crippen molar-refractivity contribution in [2.45, 2.75) is 124 Å². The lowest BCUT2D eigenvalue weighted by Gasteiger charge is -2.44. The van der Waals surface area contributed by atoms with Gasteiger partial charge in [0.15, 0.2) is 5.65 Å². The van der Waals surface area contributed by atoms with Crippen LogP contribution in [0.5, 0.6) is 0 Å². The number of aromatic nitrogens is 8. The highest BCUT2D eigenvalue weighted by atomic mass is 35.5. The van der Waals surface area contributed by atoms with Gasteiger partial charge in [-0.3, -0.25) is 24.1 Å². The molecule has 10 rings (SSSR count). The van der Waals surface area contributed by atoms with Gasteiger partial charge in [-0.25, -0.2) is 28.5 Å². The highest BCUT2D eigenvalue weighted by Gasteiger charge is 2.37. The average Bonchev–Trinajstić information content (AvgIpc) is 3.62. The van der Waals surface area contributed by atoms with Gasteiger partial charge in [-0.1, -0.05) is 81.1 Å². The van der Waals surface area contributed by atoms with Crippen LogP contribution in [0.1, 0.15) is 108 Å². The second-order valence-electron chi connectivity index (χ2n) is 21.4. The molecule has 3 fully saturated rings. The molecule has 2 aliphatic heterocycles. The monoisotopic (exact) mass is 1090 g/mol. The molecule has 7 aromatic rings. The van der Waals surface area contributed by atoms with E-state index in [9.17, 15) is 19.2 Å². The maximum atomic E-state index is 15.2. The zero-order valence-electron chi connectivity index (χ0n) is 45.2. The smallest absolute Gasteiger partial charge is 0.349 e. The number of anilines is 2. The molecule has 3 aliphatic rings. The number of rotatable bonds is 10. The van der Waals surface area contributed by atoms with E-state index in [1.54, 1.807) is 57.0 Å². The fourth-order valence-electron chi connectivity index (χ4n) is 11.6. The first kappa shape index (κ1) is 54.0. The standard InChI is InChI=1S/C59H63Cl2FN12O4/c1-10-47(75)69-28-37(8)71(30-35(69)6)55-43-27-45(61)52(50-33(4)17-16-24-63-50)66-57(43)74(59(78)68-55)53-34(5)25-39(64-49(53)32(2)3)22-23-48(76)70-29-38(9)72(31-36(70)7)54-42-26-44(60)51(41-20-14-15-21-46(41)62)65-56(42)73(58(77)67-54)40-18-12-11-13-19-40/h10,14-17,20-27,32,35-38,40H,1,11-13,18-19,28-31H2,2-9H3/b23-22-.